The Hall–Kier alpha value is -1.28. The molecular weight excluding hydrogens is 264 g/mol. The van der Waals surface area contributed by atoms with E-state index in [1.807, 2.05) is 12.1 Å². The van der Waals surface area contributed by atoms with Gasteiger partial charge >= 0.3 is 0 Å². The molecule has 2 saturated heterocycles. The van der Waals surface area contributed by atoms with Crippen LogP contribution in [-0.2, 0) is 9.47 Å². The summed E-state index contributed by atoms with van der Waals surface area (Å²) in [6.45, 7) is 2.88. The monoisotopic (exact) mass is 278 g/mol. The summed E-state index contributed by atoms with van der Waals surface area (Å²) in [5.41, 5.74) is 1.51. The Morgan fingerprint density at radius 2 is 2.11 bits per heavy atom. The molecule has 0 amide bonds. The first kappa shape index (κ1) is 12.7. The average molecular weight is 279 g/mol. The van der Waals surface area contributed by atoms with Gasteiger partial charge in [0.1, 0.15) is 6.07 Å². The molecule has 100 valence electrons. The smallest absolute Gasteiger partial charge is 0.186 e. The molecule has 2 heterocycles. The Morgan fingerprint density at radius 1 is 1.32 bits per heavy atom. The van der Waals surface area contributed by atoms with Gasteiger partial charge in [-0.25, -0.2) is 0 Å². The molecule has 19 heavy (non-hydrogen) atoms. The fourth-order valence-corrected chi connectivity index (χ4v) is 2.97. The Bertz CT molecular complexity index is 521. The van der Waals surface area contributed by atoms with Gasteiger partial charge < -0.3 is 14.4 Å². The van der Waals surface area contributed by atoms with Crippen LogP contribution in [0.2, 0.25) is 5.02 Å². The molecule has 1 spiro atoms. The molecule has 2 fully saturated rings. The number of benzene rings is 1. The van der Waals surface area contributed by atoms with E-state index in [0.717, 1.165) is 25.1 Å². The van der Waals surface area contributed by atoms with Gasteiger partial charge in [-0.05, 0) is 24.6 Å². The quantitative estimate of drug-likeness (QED) is 0.792. The lowest BCUT2D eigenvalue weighted by atomic mass is 10.0. The lowest BCUT2D eigenvalue weighted by molar-refractivity contribution is -0.161. The van der Waals surface area contributed by atoms with E-state index in [2.05, 4.69) is 11.0 Å². The van der Waals surface area contributed by atoms with Gasteiger partial charge in [-0.15, -0.1) is 0 Å². The summed E-state index contributed by atoms with van der Waals surface area (Å²) in [5, 5.41) is 9.82. The largest absolute Gasteiger partial charge is 0.365 e. The fraction of sp³-hybridized carbons (Fsp3) is 0.500. The maximum atomic E-state index is 9.23. The minimum atomic E-state index is -0.482. The van der Waals surface area contributed by atoms with Crippen LogP contribution in [0.1, 0.15) is 18.4 Å². The second-order valence-electron chi connectivity index (χ2n) is 4.91. The highest BCUT2D eigenvalue weighted by molar-refractivity contribution is 6.30. The fourth-order valence-electron chi connectivity index (χ4n) is 2.80. The van der Waals surface area contributed by atoms with Gasteiger partial charge in [0.05, 0.1) is 31.0 Å². The summed E-state index contributed by atoms with van der Waals surface area (Å²) >= 11 is 5.94. The van der Waals surface area contributed by atoms with Gasteiger partial charge in [-0.2, -0.15) is 5.26 Å². The first-order chi connectivity index (χ1) is 9.22. The lowest BCUT2D eigenvalue weighted by Gasteiger charge is -2.40. The lowest BCUT2D eigenvalue weighted by Crippen LogP contribution is -2.49. The van der Waals surface area contributed by atoms with Crippen LogP contribution in [0.4, 0.5) is 5.69 Å². The number of hydrogen-bond acceptors (Lipinski definition) is 4. The van der Waals surface area contributed by atoms with Crippen molar-refractivity contribution in [3.8, 4) is 6.07 Å². The Labute approximate surface area is 117 Å². The topological polar surface area (TPSA) is 45.5 Å². The van der Waals surface area contributed by atoms with E-state index in [-0.39, 0.29) is 0 Å². The Morgan fingerprint density at radius 3 is 2.84 bits per heavy atom. The molecule has 0 bridgehead atoms. The zero-order valence-electron chi connectivity index (χ0n) is 10.6. The SMILES string of the molecule is N#Cc1cc(Cl)ccc1N1CCCC2(C1)OCCO2. The summed E-state index contributed by atoms with van der Waals surface area (Å²) in [7, 11) is 0. The molecular formula is C14H15ClN2O2. The van der Waals surface area contributed by atoms with E-state index in [1.165, 1.54) is 0 Å². The molecule has 4 nitrogen and oxygen atoms in total. The highest BCUT2D eigenvalue weighted by Crippen LogP contribution is 2.34. The normalized spacial score (nSPS) is 21.6. The highest BCUT2D eigenvalue weighted by atomic mass is 35.5. The van der Waals surface area contributed by atoms with E-state index in [0.29, 0.717) is 30.3 Å². The summed E-state index contributed by atoms with van der Waals surface area (Å²) in [6.07, 6.45) is 1.91. The standard InChI is InChI=1S/C14H15ClN2O2/c15-12-2-3-13(11(8-12)9-16)17-5-1-4-14(10-17)18-6-7-19-14/h2-3,8H,1,4-7,10H2. The molecule has 3 rings (SSSR count). The summed E-state index contributed by atoms with van der Waals surface area (Å²) in [6, 6.07) is 7.62. The number of ether oxygens (including phenoxy) is 2. The van der Waals surface area contributed by atoms with Crippen molar-refractivity contribution >= 4 is 17.3 Å². The summed E-state index contributed by atoms with van der Waals surface area (Å²) < 4.78 is 11.5. The number of nitriles is 1. The molecule has 5 heteroatoms. The third kappa shape index (κ3) is 2.42. The van der Waals surface area contributed by atoms with Crippen LogP contribution >= 0.6 is 11.6 Å². The van der Waals surface area contributed by atoms with E-state index >= 15 is 0 Å². The van der Waals surface area contributed by atoms with Gasteiger partial charge in [-0.3, -0.25) is 0 Å². The maximum Gasteiger partial charge on any atom is 0.186 e. The zero-order chi connectivity index (χ0) is 13.3. The maximum absolute atomic E-state index is 9.23. The molecule has 0 radical (unpaired) electrons. The highest BCUT2D eigenvalue weighted by Gasteiger charge is 2.41. The summed E-state index contributed by atoms with van der Waals surface area (Å²) in [4.78, 5) is 2.16. The number of nitrogens with zero attached hydrogens (tertiary/aromatic N) is 2. The van der Waals surface area contributed by atoms with Crippen LogP contribution in [0.25, 0.3) is 0 Å². The second-order valence-corrected chi connectivity index (χ2v) is 5.34. The van der Waals surface area contributed by atoms with Crippen molar-refractivity contribution in [1.82, 2.24) is 0 Å². The van der Waals surface area contributed by atoms with E-state index < -0.39 is 5.79 Å². The van der Waals surface area contributed by atoms with Gasteiger partial charge in [0.25, 0.3) is 0 Å². The molecule has 1 aromatic rings. The van der Waals surface area contributed by atoms with Crippen molar-refractivity contribution in [2.75, 3.05) is 31.2 Å². The van der Waals surface area contributed by atoms with E-state index in [4.69, 9.17) is 21.1 Å². The van der Waals surface area contributed by atoms with Crippen molar-refractivity contribution in [1.29, 1.82) is 5.26 Å². The predicted molar refractivity (Wildman–Crippen MR) is 72.2 cm³/mol. The molecule has 2 aliphatic rings. The zero-order valence-corrected chi connectivity index (χ0v) is 11.3. The van der Waals surface area contributed by atoms with Crippen LogP contribution in [0.3, 0.4) is 0 Å². The molecule has 1 aromatic carbocycles. The summed E-state index contributed by atoms with van der Waals surface area (Å²) in [5.74, 6) is -0.482. The number of hydrogen-bond donors (Lipinski definition) is 0. The van der Waals surface area contributed by atoms with Crippen molar-refractivity contribution in [2.45, 2.75) is 18.6 Å². The second kappa shape index (κ2) is 5.01. The molecule has 0 aromatic heterocycles. The van der Waals surface area contributed by atoms with Gasteiger partial charge in [0.15, 0.2) is 5.79 Å². The van der Waals surface area contributed by atoms with Crippen molar-refractivity contribution < 1.29 is 9.47 Å². The first-order valence-electron chi connectivity index (χ1n) is 6.45. The molecule has 0 saturated carbocycles. The average Bonchev–Trinajstić information content (AvgIpc) is 2.86. The van der Waals surface area contributed by atoms with Crippen LogP contribution in [-0.4, -0.2) is 32.1 Å². The van der Waals surface area contributed by atoms with E-state index in [9.17, 15) is 5.26 Å². The third-order valence-electron chi connectivity index (χ3n) is 3.65. The van der Waals surface area contributed by atoms with Crippen LogP contribution in [0, 0.1) is 11.3 Å². The van der Waals surface area contributed by atoms with Crippen LogP contribution in [0.5, 0.6) is 0 Å². The number of piperidine rings is 1. The molecule has 2 aliphatic heterocycles. The van der Waals surface area contributed by atoms with Crippen molar-refractivity contribution in [2.24, 2.45) is 0 Å². The Kier molecular flexibility index (Phi) is 3.36. The van der Waals surface area contributed by atoms with Crippen molar-refractivity contribution in [3.63, 3.8) is 0 Å². The molecule has 0 N–H and O–H groups in total. The number of anilines is 1. The predicted octanol–water partition coefficient (Wildman–Crippen LogP) is 2.55. The molecule has 0 aliphatic carbocycles. The van der Waals surface area contributed by atoms with Gasteiger partial charge in [0.2, 0.25) is 0 Å². The van der Waals surface area contributed by atoms with E-state index in [1.54, 1.807) is 6.07 Å². The van der Waals surface area contributed by atoms with Crippen LogP contribution in [0.15, 0.2) is 18.2 Å². The number of halogens is 1. The first-order valence-corrected chi connectivity index (χ1v) is 6.83. The van der Waals surface area contributed by atoms with Gasteiger partial charge in [-0.1, -0.05) is 11.6 Å². The Balaban J connectivity index is 1.88. The van der Waals surface area contributed by atoms with Crippen LogP contribution < -0.4 is 4.90 Å². The molecule has 0 atom stereocenters. The molecule has 0 unspecified atom stereocenters. The van der Waals surface area contributed by atoms with Gasteiger partial charge in [0, 0.05) is 18.0 Å². The minimum Gasteiger partial charge on any atom is -0.365 e. The minimum absolute atomic E-state index is 0.482. The van der Waals surface area contributed by atoms with Crippen molar-refractivity contribution in [3.05, 3.63) is 28.8 Å². The third-order valence-corrected chi connectivity index (χ3v) is 3.89. The number of rotatable bonds is 1.